The minimum absolute atomic E-state index is 0.0510. The molecule has 0 spiro atoms. The smallest absolute Gasteiger partial charge is 0.170 e. The van der Waals surface area contributed by atoms with Crippen molar-refractivity contribution in [2.45, 2.75) is 63.9 Å². The van der Waals surface area contributed by atoms with E-state index in [1.54, 1.807) is 0 Å². The molecule has 3 heteroatoms. The molecule has 1 unspecified atom stereocenters. The van der Waals surface area contributed by atoms with Crippen molar-refractivity contribution in [2.75, 3.05) is 0 Å². The summed E-state index contributed by atoms with van der Waals surface area (Å²) in [6.45, 7) is 6.64. The van der Waals surface area contributed by atoms with Crippen molar-refractivity contribution in [3.05, 3.63) is 34.3 Å². The lowest BCUT2D eigenvalue weighted by atomic mass is 9.88. The molecule has 2 bridgehead atoms. The van der Waals surface area contributed by atoms with Crippen LogP contribution in [0.1, 0.15) is 58.1 Å². The maximum Gasteiger partial charge on any atom is 0.170 e. The zero-order valence-electron chi connectivity index (χ0n) is 12.5. The predicted octanol–water partition coefficient (Wildman–Crippen LogP) is 5.22. The Hall–Kier alpha value is -0.380. The van der Waals surface area contributed by atoms with Gasteiger partial charge in [0, 0.05) is 17.3 Å². The molecule has 2 fully saturated rings. The Labute approximate surface area is 130 Å². The molecule has 0 saturated carbocycles. The van der Waals surface area contributed by atoms with E-state index in [1.165, 1.54) is 5.56 Å². The van der Waals surface area contributed by atoms with E-state index in [4.69, 9.17) is 9.47 Å². The molecule has 3 rings (SSSR count). The third-order valence-corrected chi connectivity index (χ3v) is 5.38. The molecule has 0 N–H and O–H groups in total. The fourth-order valence-electron chi connectivity index (χ4n) is 3.45. The van der Waals surface area contributed by atoms with E-state index < -0.39 is 0 Å². The maximum absolute atomic E-state index is 6.53. The van der Waals surface area contributed by atoms with Crippen LogP contribution < -0.4 is 0 Å². The zero-order chi connectivity index (χ0) is 14.4. The van der Waals surface area contributed by atoms with E-state index in [9.17, 15) is 0 Å². The van der Waals surface area contributed by atoms with Gasteiger partial charge in [-0.2, -0.15) is 0 Å². The van der Waals surface area contributed by atoms with Gasteiger partial charge in [-0.3, -0.25) is 0 Å². The number of hydrogen-bond donors (Lipinski definition) is 0. The van der Waals surface area contributed by atoms with Gasteiger partial charge in [0.25, 0.3) is 0 Å². The summed E-state index contributed by atoms with van der Waals surface area (Å²) in [6.07, 6.45) is 4.36. The zero-order valence-corrected chi connectivity index (χ0v) is 14.1. The van der Waals surface area contributed by atoms with Gasteiger partial charge in [0.1, 0.15) is 0 Å². The molecular weight excluding hydrogens is 316 g/mol. The molecule has 0 amide bonds. The van der Waals surface area contributed by atoms with Crippen molar-refractivity contribution in [1.29, 1.82) is 0 Å². The fraction of sp³-hybridized carbons (Fsp3) is 0.647. The Morgan fingerprint density at radius 2 is 1.80 bits per heavy atom. The Kier molecular flexibility index (Phi) is 3.72. The first-order valence-corrected chi connectivity index (χ1v) is 8.35. The number of ether oxygens (including phenoxy) is 2. The summed E-state index contributed by atoms with van der Waals surface area (Å²) in [5, 5.41) is 0. The molecule has 2 nitrogen and oxygen atoms in total. The molecule has 110 valence electrons. The van der Waals surface area contributed by atoms with Crippen LogP contribution in [0.25, 0.3) is 0 Å². The monoisotopic (exact) mass is 338 g/mol. The number of rotatable bonds is 4. The van der Waals surface area contributed by atoms with Gasteiger partial charge in [0.2, 0.25) is 0 Å². The molecule has 1 aromatic rings. The van der Waals surface area contributed by atoms with Crippen LogP contribution in [0.4, 0.5) is 0 Å². The van der Waals surface area contributed by atoms with Crippen LogP contribution >= 0.6 is 15.9 Å². The number of benzene rings is 1. The summed E-state index contributed by atoms with van der Waals surface area (Å²) in [6, 6.07) is 8.35. The third-order valence-electron chi connectivity index (χ3n) is 4.66. The summed E-state index contributed by atoms with van der Waals surface area (Å²) < 4.78 is 13.9. The summed E-state index contributed by atoms with van der Waals surface area (Å²) in [4.78, 5) is 0. The van der Waals surface area contributed by atoms with Gasteiger partial charge in [-0.05, 0) is 37.3 Å². The Morgan fingerprint density at radius 3 is 2.30 bits per heavy atom. The Balaban J connectivity index is 1.85. The van der Waals surface area contributed by atoms with Crippen LogP contribution in [0.15, 0.2) is 28.7 Å². The van der Waals surface area contributed by atoms with Crippen LogP contribution in [0, 0.1) is 5.92 Å². The van der Waals surface area contributed by atoms with Gasteiger partial charge < -0.3 is 9.47 Å². The van der Waals surface area contributed by atoms with Crippen molar-refractivity contribution >= 4 is 15.9 Å². The molecule has 2 aliphatic rings. The quantitative estimate of drug-likeness (QED) is 0.748. The van der Waals surface area contributed by atoms with Gasteiger partial charge >= 0.3 is 0 Å². The van der Waals surface area contributed by atoms with E-state index in [1.807, 2.05) is 6.07 Å². The average Bonchev–Trinajstić information content (AvgIpc) is 2.90. The van der Waals surface area contributed by atoms with Crippen LogP contribution in [0.2, 0.25) is 0 Å². The molecule has 2 aliphatic heterocycles. The number of hydrogen-bond acceptors (Lipinski definition) is 2. The van der Waals surface area contributed by atoms with Gasteiger partial charge in [-0.1, -0.05) is 48.0 Å². The van der Waals surface area contributed by atoms with Gasteiger partial charge in [0.05, 0.1) is 11.7 Å². The number of fused-ring (bicyclic) bond motifs is 2. The lowest BCUT2D eigenvalue weighted by Gasteiger charge is -2.33. The predicted molar refractivity (Wildman–Crippen MR) is 83.5 cm³/mol. The second-order valence-electron chi connectivity index (χ2n) is 6.77. The third kappa shape index (κ3) is 2.56. The molecule has 2 saturated heterocycles. The number of halogens is 1. The minimum atomic E-state index is -0.348. The first-order chi connectivity index (χ1) is 9.43. The summed E-state index contributed by atoms with van der Waals surface area (Å²) in [7, 11) is 0. The van der Waals surface area contributed by atoms with Gasteiger partial charge in [0.15, 0.2) is 5.79 Å². The van der Waals surface area contributed by atoms with E-state index in [0.717, 1.165) is 30.2 Å². The lowest BCUT2D eigenvalue weighted by Crippen LogP contribution is -2.32. The molecule has 2 heterocycles. The SMILES string of the molecule is CC(C)C(OC12CCC(C)(CC1)O2)c1ccccc1Br. The van der Waals surface area contributed by atoms with Crippen LogP contribution in [-0.2, 0) is 9.47 Å². The summed E-state index contributed by atoms with van der Waals surface area (Å²) >= 11 is 3.65. The second kappa shape index (κ2) is 5.11. The van der Waals surface area contributed by atoms with Gasteiger partial charge in [-0.15, -0.1) is 0 Å². The molecular formula is C17H23BrO2. The topological polar surface area (TPSA) is 18.5 Å². The summed E-state index contributed by atoms with van der Waals surface area (Å²) in [5.74, 6) is 0.0676. The van der Waals surface area contributed by atoms with Crippen LogP contribution in [0.5, 0.6) is 0 Å². The lowest BCUT2D eigenvalue weighted by molar-refractivity contribution is -0.246. The first kappa shape index (κ1) is 14.6. The minimum Gasteiger partial charge on any atom is -0.344 e. The fourth-order valence-corrected chi connectivity index (χ4v) is 3.96. The van der Waals surface area contributed by atoms with E-state index >= 15 is 0 Å². The van der Waals surface area contributed by atoms with Crippen molar-refractivity contribution in [2.24, 2.45) is 5.92 Å². The molecule has 20 heavy (non-hydrogen) atoms. The highest BCUT2D eigenvalue weighted by molar-refractivity contribution is 9.10. The van der Waals surface area contributed by atoms with Gasteiger partial charge in [-0.25, -0.2) is 0 Å². The highest BCUT2D eigenvalue weighted by atomic mass is 79.9. The molecule has 0 aromatic heterocycles. The maximum atomic E-state index is 6.53. The van der Waals surface area contributed by atoms with Crippen molar-refractivity contribution in [3.63, 3.8) is 0 Å². The highest BCUT2D eigenvalue weighted by Gasteiger charge is 2.55. The molecule has 0 radical (unpaired) electrons. The van der Waals surface area contributed by atoms with E-state index in [-0.39, 0.29) is 17.5 Å². The standard InChI is InChI=1S/C17H23BrO2/c1-12(2)15(13-6-4-5-7-14(13)18)19-17-10-8-16(3,20-17)9-11-17/h4-7,12,15H,8-11H2,1-3H3. The first-order valence-electron chi connectivity index (χ1n) is 7.56. The van der Waals surface area contributed by atoms with Crippen LogP contribution in [0.3, 0.4) is 0 Å². The van der Waals surface area contributed by atoms with E-state index in [0.29, 0.717) is 5.92 Å². The second-order valence-corrected chi connectivity index (χ2v) is 7.62. The van der Waals surface area contributed by atoms with E-state index in [2.05, 4.69) is 54.9 Å². The molecule has 1 atom stereocenters. The normalized spacial score (nSPS) is 33.9. The largest absolute Gasteiger partial charge is 0.344 e. The van der Waals surface area contributed by atoms with Crippen LogP contribution in [-0.4, -0.2) is 11.4 Å². The summed E-state index contributed by atoms with van der Waals surface area (Å²) in [5.41, 5.74) is 1.27. The Morgan fingerprint density at radius 1 is 1.15 bits per heavy atom. The average molecular weight is 339 g/mol. The Bertz CT molecular complexity index is 490. The van der Waals surface area contributed by atoms with Crippen molar-refractivity contribution in [1.82, 2.24) is 0 Å². The molecule has 0 aliphatic carbocycles. The highest BCUT2D eigenvalue weighted by Crippen LogP contribution is 2.53. The van der Waals surface area contributed by atoms with Crippen molar-refractivity contribution in [3.8, 4) is 0 Å². The molecule has 1 aromatic carbocycles. The van der Waals surface area contributed by atoms with Crippen molar-refractivity contribution < 1.29 is 9.47 Å².